The van der Waals surface area contributed by atoms with Crippen LogP contribution in [0.4, 0.5) is 0 Å². The third-order valence-electron chi connectivity index (χ3n) is 5.89. The van der Waals surface area contributed by atoms with Crippen LogP contribution in [0.25, 0.3) is 0 Å². The van der Waals surface area contributed by atoms with E-state index < -0.39 is 0 Å². The molecule has 0 spiro atoms. The van der Waals surface area contributed by atoms with Gasteiger partial charge in [0.25, 0.3) is 0 Å². The number of hydrogen-bond acceptors (Lipinski definition) is 1. The fourth-order valence-corrected chi connectivity index (χ4v) is 4.29. The van der Waals surface area contributed by atoms with Gasteiger partial charge in [0, 0.05) is 12.0 Å². The van der Waals surface area contributed by atoms with E-state index in [1.165, 1.54) is 23.1 Å². The summed E-state index contributed by atoms with van der Waals surface area (Å²) in [6.45, 7) is 4.40. The van der Waals surface area contributed by atoms with Crippen LogP contribution in [0.2, 0.25) is 0 Å². The SMILES string of the molecule is CC(CNCC1CC1(c1ccccc1)c1ccccc1)c1ccccc1. The minimum Gasteiger partial charge on any atom is -0.316 e. The summed E-state index contributed by atoms with van der Waals surface area (Å²) in [4.78, 5) is 0. The normalized spacial score (nSPS) is 19.0. The molecule has 1 aliphatic carbocycles. The first-order valence-corrected chi connectivity index (χ1v) is 9.67. The first kappa shape index (κ1) is 17.1. The van der Waals surface area contributed by atoms with Crippen LogP contribution in [0.1, 0.15) is 36.0 Å². The van der Waals surface area contributed by atoms with Crippen molar-refractivity contribution in [3.05, 3.63) is 108 Å². The highest BCUT2D eigenvalue weighted by atomic mass is 14.9. The van der Waals surface area contributed by atoms with Gasteiger partial charge in [-0.05, 0) is 41.5 Å². The minimum absolute atomic E-state index is 0.186. The molecule has 1 nitrogen and oxygen atoms in total. The Morgan fingerprint density at radius 2 is 1.31 bits per heavy atom. The third kappa shape index (κ3) is 3.32. The Kier molecular flexibility index (Phi) is 4.90. The van der Waals surface area contributed by atoms with E-state index in [1.54, 1.807) is 0 Å². The fourth-order valence-electron chi connectivity index (χ4n) is 4.29. The average Bonchev–Trinajstić information content (AvgIpc) is 3.45. The molecule has 26 heavy (non-hydrogen) atoms. The maximum absolute atomic E-state index is 3.74. The molecule has 2 atom stereocenters. The molecule has 2 unspecified atom stereocenters. The maximum Gasteiger partial charge on any atom is 0.0247 e. The van der Waals surface area contributed by atoms with E-state index >= 15 is 0 Å². The van der Waals surface area contributed by atoms with Crippen molar-refractivity contribution in [3.63, 3.8) is 0 Å². The average molecular weight is 341 g/mol. The zero-order chi connectivity index (χ0) is 17.8. The number of hydrogen-bond donors (Lipinski definition) is 1. The van der Waals surface area contributed by atoms with Crippen molar-refractivity contribution in [3.8, 4) is 0 Å². The molecule has 1 heteroatoms. The number of rotatable bonds is 7. The molecule has 0 amide bonds. The third-order valence-corrected chi connectivity index (χ3v) is 5.89. The van der Waals surface area contributed by atoms with Crippen molar-refractivity contribution in [2.24, 2.45) is 5.92 Å². The molecule has 0 aliphatic heterocycles. The standard InChI is InChI=1S/C25H27N/c1-20(21-11-5-2-6-12-21)18-26-19-24-17-25(24,22-13-7-3-8-14-22)23-15-9-4-10-16-23/h2-16,20,24,26H,17-19H2,1H3. The molecule has 1 fully saturated rings. The molecule has 4 rings (SSSR count). The van der Waals surface area contributed by atoms with Crippen LogP contribution in [-0.2, 0) is 5.41 Å². The van der Waals surface area contributed by atoms with E-state index in [-0.39, 0.29) is 5.41 Å². The van der Waals surface area contributed by atoms with Crippen LogP contribution < -0.4 is 5.32 Å². The molecule has 0 aromatic heterocycles. The summed E-state index contributed by atoms with van der Waals surface area (Å²) < 4.78 is 0. The highest BCUT2D eigenvalue weighted by molar-refractivity contribution is 5.47. The summed E-state index contributed by atoms with van der Waals surface area (Å²) in [5.41, 5.74) is 4.50. The Morgan fingerprint density at radius 3 is 1.85 bits per heavy atom. The molecule has 132 valence electrons. The summed E-state index contributed by atoms with van der Waals surface area (Å²) in [6.07, 6.45) is 1.23. The summed E-state index contributed by atoms with van der Waals surface area (Å²) in [7, 11) is 0. The van der Waals surface area contributed by atoms with Gasteiger partial charge in [-0.1, -0.05) is 97.9 Å². The Bertz CT molecular complexity index is 771. The zero-order valence-corrected chi connectivity index (χ0v) is 15.4. The summed E-state index contributed by atoms with van der Waals surface area (Å²) in [6, 6.07) is 32.8. The van der Waals surface area contributed by atoms with Gasteiger partial charge in [0.2, 0.25) is 0 Å². The first-order chi connectivity index (χ1) is 12.8. The predicted molar refractivity (Wildman–Crippen MR) is 109 cm³/mol. The predicted octanol–water partition coefficient (Wildman–Crippen LogP) is 5.39. The van der Waals surface area contributed by atoms with Gasteiger partial charge in [0.1, 0.15) is 0 Å². The largest absolute Gasteiger partial charge is 0.316 e. The molecule has 0 bridgehead atoms. The Balaban J connectivity index is 1.44. The van der Waals surface area contributed by atoms with E-state index in [4.69, 9.17) is 0 Å². The van der Waals surface area contributed by atoms with Crippen molar-refractivity contribution in [2.45, 2.75) is 24.7 Å². The second kappa shape index (κ2) is 7.47. The van der Waals surface area contributed by atoms with E-state index in [1.807, 2.05) is 0 Å². The van der Waals surface area contributed by atoms with Crippen molar-refractivity contribution >= 4 is 0 Å². The second-order valence-corrected chi connectivity index (χ2v) is 7.57. The van der Waals surface area contributed by atoms with Gasteiger partial charge in [0.15, 0.2) is 0 Å². The molecule has 0 radical (unpaired) electrons. The van der Waals surface area contributed by atoms with Crippen LogP contribution in [-0.4, -0.2) is 13.1 Å². The minimum atomic E-state index is 0.186. The van der Waals surface area contributed by atoms with Gasteiger partial charge in [-0.15, -0.1) is 0 Å². The van der Waals surface area contributed by atoms with Crippen LogP contribution in [0, 0.1) is 5.92 Å². The van der Waals surface area contributed by atoms with Gasteiger partial charge in [-0.2, -0.15) is 0 Å². The lowest BCUT2D eigenvalue weighted by Crippen LogP contribution is -2.25. The molecule has 0 saturated heterocycles. The highest BCUT2D eigenvalue weighted by Crippen LogP contribution is 2.58. The maximum atomic E-state index is 3.74. The van der Waals surface area contributed by atoms with Gasteiger partial charge in [0.05, 0.1) is 0 Å². The molecule has 3 aromatic carbocycles. The molecule has 3 aromatic rings. The quantitative estimate of drug-likeness (QED) is 0.608. The van der Waals surface area contributed by atoms with E-state index in [2.05, 4.69) is 103 Å². The summed E-state index contributed by atoms with van der Waals surface area (Å²) in [5.74, 6) is 1.20. The number of benzene rings is 3. The van der Waals surface area contributed by atoms with Gasteiger partial charge < -0.3 is 5.32 Å². The second-order valence-electron chi connectivity index (χ2n) is 7.57. The molecule has 1 aliphatic rings. The molecular weight excluding hydrogens is 314 g/mol. The molecular formula is C25H27N. The molecule has 0 heterocycles. The fraction of sp³-hybridized carbons (Fsp3) is 0.280. The molecule has 1 saturated carbocycles. The zero-order valence-electron chi connectivity index (χ0n) is 15.4. The van der Waals surface area contributed by atoms with E-state index in [9.17, 15) is 0 Å². The Labute approximate surface area is 157 Å². The summed E-state index contributed by atoms with van der Waals surface area (Å²) >= 11 is 0. The van der Waals surface area contributed by atoms with Crippen molar-refractivity contribution in [1.29, 1.82) is 0 Å². The van der Waals surface area contributed by atoms with E-state index in [0.29, 0.717) is 11.8 Å². The Morgan fingerprint density at radius 1 is 0.808 bits per heavy atom. The monoisotopic (exact) mass is 341 g/mol. The van der Waals surface area contributed by atoms with Crippen molar-refractivity contribution in [2.75, 3.05) is 13.1 Å². The van der Waals surface area contributed by atoms with Gasteiger partial charge >= 0.3 is 0 Å². The molecule has 1 N–H and O–H groups in total. The van der Waals surface area contributed by atoms with Crippen LogP contribution >= 0.6 is 0 Å². The van der Waals surface area contributed by atoms with Gasteiger partial charge in [-0.3, -0.25) is 0 Å². The first-order valence-electron chi connectivity index (χ1n) is 9.67. The lowest BCUT2D eigenvalue weighted by molar-refractivity contribution is 0.561. The number of nitrogens with one attached hydrogen (secondary N) is 1. The lowest BCUT2D eigenvalue weighted by atomic mass is 9.85. The van der Waals surface area contributed by atoms with Crippen LogP contribution in [0.3, 0.4) is 0 Å². The van der Waals surface area contributed by atoms with Crippen molar-refractivity contribution < 1.29 is 0 Å². The van der Waals surface area contributed by atoms with Crippen LogP contribution in [0.5, 0.6) is 0 Å². The topological polar surface area (TPSA) is 12.0 Å². The van der Waals surface area contributed by atoms with Crippen LogP contribution in [0.15, 0.2) is 91.0 Å². The smallest absolute Gasteiger partial charge is 0.0247 e. The summed E-state index contributed by atoms with van der Waals surface area (Å²) in [5, 5.41) is 3.74. The highest BCUT2D eigenvalue weighted by Gasteiger charge is 2.55. The van der Waals surface area contributed by atoms with Crippen molar-refractivity contribution in [1.82, 2.24) is 5.32 Å². The lowest BCUT2D eigenvalue weighted by Gasteiger charge is -2.20. The van der Waals surface area contributed by atoms with E-state index in [0.717, 1.165) is 13.1 Å². The van der Waals surface area contributed by atoms with Gasteiger partial charge in [-0.25, -0.2) is 0 Å². The Hall–Kier alpha value is -2.38.